The van der Waals surface area contributed by atoms with Crippen LogP contribution in [0.25, 0.3) is 0 Å². The molecule has 2 heteroatoms. The molecule has 2 aliphatic rings. The highest BCUT2D eigenvalue weighted by Gasteiger charge is 2.29. The summed E-state index contributed by atoms with van der Waals surface area (Å²) < 4.78 is 0. The first-order chi connectivity index (χ1) is 5.38. The van der Waals surface area contributed by atoms with Gasteiger partial charge < -0.3 is 10.2 Å². The van der Waals surface area contributed by atoms with Crippen LogP contribution in [-0.2, 0) is 0 Å². The van der Waals surface area contributed by atoms with E-state index in [0.29, 0.717) is 0 Å². The highest BCUT2D eigenvalue weighted by atomic mass is 15.1. The van der Waals surface area contributed by atoms with Gasteiger partial charge in [0.1, 0.15) is 0 Å². The molecule has 11 heavy (non-hydrogen) atoms. The standard InChI is InChI=1S/C9H18N2/c1-2-11-6-8-3-9(7-11)5-10-4-8/h8-10H,2-7H2,1H3/t8-,9-/m0/s1. The molecule has 2 fully saturated rings. The second kappa shape index (κ2) is 3.11. The molecule has 0 aliphatic carbocycles. The van der Waals surface area contributed by atoms with Crippen molar-refractivity contribution < 1.29 is 0 Å². The van der Waals surface area contributed by atoms with Gasteiger partial charge in [-0.3, -0.25) is 0 Å². The van der Waals surface area contributed by atoms with Gasteiger partial charge in [0, 0.05) is 13.1 Å². The molecule has 0 aromatic heterocycles. The van der Waals surface area contributed by atoms with Gasteiger partial charge in [0.05, 0.1) is 0 Å². The smallest absolute Gasteiger partial charge is 0.00219 e. The van der Waals surface area contributed by atoms with E-state index in [2.05, 4.69) is 17.1 Å². The maximum Gasteiger partial charge on any atom is 0.00219 e. The first kappa shape index (κ1) is 7.56. The average molecular weight is 154 g/mol. The van der Waals surface area contributed by atoms with Crippen molar-refractivity contribution in [2.24, 2.45) is 11.8 Å². The van der Waals surface area contributed by atoms with Gasteiger partial charge in [-0.1, -0.05) is 6.92 Å². The third-order valence-electron chi connectivity index (χ3n) is 3.01. The molecule has 2 heterocycles. The van der Waals surface area contributed by atoms with E-state index >= 15 is 0 Å². The predicted octanol–water partition coefficient (Wildman–Crippen LogP) is 0.548. The fraction of sp³-hybridized carbons (Fsp3) is 1.00. The molecular formula is C9H18N2. The minimum atomic E-state index is 0.947. The Kier molecular flexibility index (Phi) is 2.14. The summed E-state index contributed by atoms with van der Waals surface area (Å²) in [5.41, 5.74) is 0. The van der Waals surface area contributed by atoms with Crippen LogP contribution in [-0.4, -0.2) is 37.6 Å². The Bertz CT molecular complexity index is 124. The van der Waals surface area contributed by atoms with Crippen molar-refractivity contribution in [2.75, 3.05) is 32.7 Å². The van der Waals surface area contributed by atoms with Crippen molar-refractivity contribution in [1.82, 2.24) is 10.2 Å². The Labute approximate surface area is 69.0 Å². The lowest BCUT2D eigenvalue weighted by molar-refractivity contribution is 0.102. The molecule has 64 valence electrons. The maximum atomic E-state index is 3.50. The quantitative estimate of drug-likeness (QED) is 0.593. The van der Waals surface area contributed by atoms with Crippen LogP contribution >= 0.6 is 0 Å². The highest BCUT2D eigenvalue weighted by Crippen LogP contribution is 2.23. The van der Waals surface area contributed by atoms with E-state index in [0.717, 1.165) is 11.8 Å². The molecule has 0 radical (unpaired) electrons. The van der Waals surface area contributed by atoms with Crippen LogP contribution in [0, 0.1) is 11.8 Å². The van der Waals surface area contributed by atoms with E-state index in [4.69, 9.17) is 0 Å². The highest BCUT2D eigenvalue weighted by molar-refractivity contribution is 4.84. The van der Waals surface area contributed by atoms with Gasteiger partial charge in [-0.2, -0.15) is 0 Å². The van der Waals surface area contributed by atoms with Crippen LogP contribution < -0.4 is 5.32 Å². The van der Waals surface area contributed by atoms with Crippen LogP contribution in [0.4, 0.5) is 0 Å². The van der Waals surface area contributed by atoms with E-state index in [9.17, 15) is 0 Å². The lowest BCUT2D eigenvalue weighted by Crippen LogP contribution is -2.50. The molecule has 2 saturated heterocycles. The molecule has 0 unspecified atom stereocenters. The van der Waals surface area contributed by atoms with Gasteiger partial charge in [0.15, 0.2) is 0 Å². The largest absolute Gasteiger partial charge is 0.316 e. The lowest BCUT2D eigenvalue weighted by atomic mass is 9.86. The first-order valence-corrected chi connectivity index (χ1v) is 4.81. The zero-order valence-electron chi connectivity index (χ0n) is 7.34. The van der Waals surface area contributed by atoms with Gasteiger partial charge >= 0.3 is 0 Å². The van der Waals surface area contributed by atoms with Crippen LogP contribution in [0.15, 0.2) is 0 Å². The lowest BCUT2D eigenvalue weighted by Gasteiger charge is -2.41. The van der Waals surface area contributed by atoms with Crippen molar-refractivity contribution in [2.45, 2.75) is 13.3 Å². The topological polar surface area (TPSA) is 15.3 Å². The van der Waals surface area contributed by atoms with Crippen molar-refractivity contribution in [3.63, 3.8) is 0 Å². The summed E-state index contributed by atoms with van der Waals surface area (Å²) in [4.78, 5) is 2.60. The Morgan fingerprint density at radius 1 is 1.27 bits per heavy atom. The molecule has 0 amide bonds. The van der Waals surface area contributed by atoms with Crippen molar-refractivity contribution in [3.05, 3.63) is 0 Å². The van der Waals surface area contributed by atoms with Crippen LogP contribution in [0.2, 0.25) is 0 Å². The third kappa shape index (κ3) is 1.57. The number of hydrogen-bond acceptors (Lipinski definition) is 2. The Hall–Kier alpha value is -0.0800. The number of fused-ring (bicyclic) bond motifs is 2. The Morgan fingerprint density at radius 2 is 1.91 bits per heavy atom. The van der Waals surface area contributed by atoms with Crippen molar-refractivity contribution >= 4 is 0 Å². The van der Waals surface area contributed by atoms with Gasteiger partial charge in [-0.05, 0) is 37.9 Å². The third-order valence-corrected chi connectivity index (χ3v) is 3.01. The van der Waals surface area contributed by atoms with Crippen LogP contribution in [0.1, 0.15) is 13.3 Å². The number of likely N-dealkylation sites (tertiary alicyclic amines) is 1. The zero-order valence-corrected chi connectivity index (χ0v) is 7.34. The number of nitrogens with zero attached hydrogens (tertiary/aromatic N) is 1. The van der Waals surface area contributed by atoms with Gasteiger partial charge in [-0.15, -0.1) is 0 Å². The molecule has 2 nitrogen and oxygen atoms in total. The van der Waals surface area contributed by atoms with Crippen molar-refractivity contribution in [3.8, 4) is 0 Å². The second-order valence-electron chi connectivity index (χ2n) is 3.98. The molecule has 0 aromatic carbocycles. The molecule has 2 atom stereocenters. The normalized spacial score (nSPS) is 39.0. The molecule has 0 aromatic rings. The van der Waals surface area contributed by atoms with Crippen LogP contribution in [0.5, 0.6) is 0 Å². The van der Waals surface area contributed by atoms with Crippen LogP contribution in [0.3, 0.4) is 0 Å². The summed E-state index contributed by atoms with van der Waals surface area (Å²) in [5.74, 6) is 1.89. The Balaban J connectivity index is 1.94. The number of hydrogen-bond donors (Lipinski definition) is 1. The van der Waals surface area contributed by atoms with Crippen molar-refractivity contribution in [1.29, 1.82) is 0 Å². The van der Waals surface area contributed by atoms with Gasteiger partial charge in [0.25, 0.3) is 0 Å². The fourth-order valence-corrected chi connectivity index (χ4v) is 2.47. The number of nitrogens with one attached hydrogen (secondary N) is 1. The molecule has 2 rings (SSSR count). The maximum absolute atomic E-state index is 3.50. The van der Waals surface area contributed by atoms with E-state index in [1.165, 1.54) is 39.1 Å². The second-order valence-corrected chi connectivity index (χ2v) is 3.98. The number of rotatable bonds is 1. The monoisotopic (exact) mass is 154 g/mol. The zero-order chi connectivity index (χ0) is 7.68. The SMILES string of the molecule is CCN1C[C@@H]2CNC[C@H](C2)C1. The van der Waals surface area contributed by atoms with E-state index in [1.54, 1.807) is 0 Å². The van der Waals surface area contributed by atoms with E-state index in [1.807, 2.05) is 0 Å². The van der Waals surface area contributed by atoms with E-state index in [-0.39, 0.29) is 0 Å². The molecule has 2 bridgehead atoms. The molecule has 0 spiro atoms. The van der Waals surface area contributed by atoms with Gasteiger partial charge in [-0.25, -0.2) is 0 Å². The fourth-order valence-electron chi connectivity index (χ4n) is 2.47. The summed E-state index contributed by atoms with van der Waals surface area (Å²) in [6, 6.07) is 0. The number of piperidine rings is 2. The minimum Gasteiger partial charge on any atom is -0.316 e. The Morgan fingerprint density at radius 3 is 2.45 bits per heavy atom. The molecule has 2 aliphatic heterocycles. The summed E-state index contributed by atoms with van der Waals surface area (Å²) in [7, 11) is 0. The summed E-state index contributed by atoms with van der Waals surface area (Å²) in [6.45, 7) is 8.70. The van der Waals surface area contributed by atoms with Gasteiger partial charge in [0.2, 0.25) is 0 Å². The van der Waals surface area contributed by atoms with E-state index < -0.39 is 0 Å². The predicted molar refractivity (Wildman–Crippen MR) is 46.6 cm³/mol. The molecule has 0 saturated carbocycles. The summed E-state index contributed by atoms with van der Waals surface area (Å²) in [5, 5.41) is 3.50. The summed E-state index contributed by atoms with van der Waals surface area (Å²) in [6.07, 6.45) is 1.48. The minimum absolute atomic E-state index is 0.947. The first-order valence-electron chi connectivity index (χ1n) is 4.81. The molecule has 1 N–H and O–H groups in total. The average Bonchev–Trinajstić information content (AvgIpc) is 2.03. The molecular weight excluding hydrogens is 136 g/mol. The summed E-state index contributed by atoms with van der Waals surface area (Å²) >= 11 is 0.